The van der Waals surface area contributed by atoms with E-state index < -0.39 is 41.3 Å². The second-order valence-electron chi connectivity index (χ2n) is 5.80. The molecular weight excluding hydrogens is 340 g/mol. The number of rotatable bonds is 9. The van der Waals surface area contributed by atoms with Crippen LogP contribution in [0.5, 0.6) is 5.75 Å². The van der Waals surface area contributed by atoms with Crippen molar-refractivity contribution in [2.45, 2.75) is 33.6 Å². The van der Waals surface area contributed by atoms with Crippen molar-refractivity contribution in [1.82, 2.24) is 0 Å². The standard InChI is InChI=1S/C19H24O7/c1-5-25-18(23)15(11(3)20)17(13-7-9-14(22)10-8-13)16(12(4)21)19(24)26-6-2/h7-10,15-17,22H,5-6H2,1-4H3/t15-,16-/m1/s1. The fourth-order valence-electron chi connectivity index (χ4n) is 2.87. The minimum absolute atomic E-state index is 0.0291. The molecule has 142 valence electrons. The third-order valence-electron chi connectivity index (χ3n) is 3.95. The van der Waals surface area contributed by atoms with E-state index in [9.17, 15) is 24.3 Å². The van der Waals surface area contributed by atoms with E-state index in [1.54, 1.807) is 13.8 Å². The van der Waals surface area contributed by atoms with E-state index in [-0.39, 0.29) is 19.0 Å². The summed E-state index contributed by atoms with van der Waals surface area (Å²) >= 11 is 0. The van der Waals surface area contributed by atoms with E-state index in [0.29, 0.717) is 5.56 Å². The molecule has 0 fully saturated rings. The quantitative estimate of drug-likeness (QED) is 0.527. The molecular formula is C19H24O7. The van der Waals surface area contributed by atoms with Crippen molar-refractivity contribution in [2.75, 3.05) is 13.2 Å². The van der Waals surface area contributed by atoms with Crippen molar-refractivity contribution >= 4 is 23.5 Å². The maximum Gasteiger partial charge on any atom is 0.317 e. The molecule has 1 N–H and O–H groups in total. The molecule has 2 atom stereocenters. The summed E-state index contributed by atoms with van der Waals surface area (Å²) in [6, 6.07) is 5.63. The molecule has 1 rings (SSSR count). The molecule has 1 aromatic carbocycles. The number of carbonyl (C=O) groups is 4. The molecule has 0 amide bonds. The summed E-state index contributed by atoms with van der Waals surface area (Å²) in [5, 5.41) is 9.50. The predicted octanol–water partition coefficient (Wildman–Crippen LogP) is 2.01. The maximum absolute atomic E-state index is 12.4. The van der Waals surface area contributed by atoms with Crippen LogP contribution in [-0.4, -0.2) is 41.8 Å². The van der Waals surface area contributed by atoms with E-state index >= 15 is 0 Å². The van der Waals surface area contributed by atoms with E-state index in [1.807, 2.05) is 0 Å². The zero-order chi connectivity index (χ0) is 19.9. The first-order valence-corrected chi connectivity index (χ1v) is 8.37. The number of esters is 2. The number of benzene rings is 1. The lowest BCUT2D eigenvalue weighted by Gasteiger charge is -2.29. The van der Waals surface area contributed by atoms with Crippen LogP contribution in [0.2, 0.25) is 0 Å². The van der Waals surface area contributed by atoms with Crippen LogP contribution in [0.3, 0.4) is 0 Å². The van der Waals surface area contributed by atoms with Gasteiger partial charge in [0.15, 0.2) is 0 Å². The predicted molar refractivity (Wildman–Crippen MR) is 92.5 cm³/mol. The van der Waals surface area contributed by atoms with Gasteiger partial charge in [0, 0.05) is 5.92 Å². The molecule has 0 aliphatic rings. The van der Waals surface area contributed by atoms with Gasteiger partial charge in [-0.1, -0.05) is 12.1 Å². The molecule has 0 aromatic heterocycles. The number of Topliss-reactive ketones (excluding diaryl/α,β-unsaturated/α-hetero) is 2. The summed E-state index contributed by atoms with van der Waals surface area (Å²) in [6.45, 7) is 5.70. The molecule has 0 aliphatic heterocycles. The van der Waals surface area contributed by atoms with Crippen molar-refractivity contribution in [1.29, 1.82) is 0 Å². The molecule has 0 radical (unpaired) electrons. The summed E-state index contributed by atoms with van der Waals surface area (Å²) in [7, 11) is 0. The highest BCUT2D eigenvalue weighted by atomic mass is 16.5. The van der Waals surface area contributed by atoms with E-state index in [4.69, 9.17) is 9.47 Å². The van der Waals surface area contributed by atoms with Crippen LogP contribution in [0.1, 0.15) is 39.2 Å². The monoisotopic (exact) mass is 364 g/mol. The Balaban J connectivity index is 3.55. The fraction of sp³-hybridized carbons (Fsp3) is 0.474. The Morgan fingerprint density at radius 1 is 0.846 bits per heavy atom. The third kappa shape index (κ3) is 5.15. The van der Waals surface area contributed by atoms with Gasteiger partial charge in [0.05, 0.1) is 13.2 Å². The smallest absolute Gasteiger partial charge is 0.317 e. The molecule has 0 heterocycles. The summed E-state index contributed by atoms with van der Waals surface area (Å²) in [6.07, 6.45) is 0. The van der Waals surface area contributed by atoms with Crippen LogP contribution < -0.4 is 0 Å². The maximum atomic E-state index is 12.4. The number of hydrogen-bond donors (Lipinski definition) is 1. The van der Waals surface area contributed by atoms with E-state index in [1.165, 1.54) is 38.1 Å². The number of carbonyl (C=O) groups excluding carboxylic acids is 4. The van der Waals surface area contributed by atoms with Crippen LogP contribution in [0.4, 0.5) is 0 Å². The second-order valence-corrected chi connectivity index (χ2v) is 5.80. The molecule has 0 unspecified atom stereocenters. The van der Waals surface area contributed by atoms with Crippen LogP contribution in [0.15, 0.2) is 24.3 Å². The van der Waals surface area contributed by atoms with Gasteiger partial charge in [-0.15, -0.1) is 0 Å². The highest BCUT2D eigenvalue weighted by Gasteiger charge is 2.45. The first-order chi connectivity index (χ1) is 12.2. The van der Waals surface area contributed by atoms with Crippen LogP contribution >= 0.6 is 0 Å². The lowest BCUT2D eigenvalue weighted by Crippen LogP contribution is -2.40. The van der Waals surface area contributed by atoms with Crippen LogP contribution in [0, 0.1) is 11.8 Å². The average Bonchev–Trinajstić information content (AvgIpc) is 2.55. The molecule has 26 heavy (non-hydrogen) atoms. The summed E-state index contributed by atoms with van der Waals surface area (Å²) in [5.74, 6) is -6.51. The first kappa shape index (κ1) is 21.3. The number of phenols is 1. The van der Waals surface area contributed by atoms with Crippen molar-refractivity contribution < 1.29 is 33.8 Å². The van der Waals surface area contributed by atoms with Crippen LogP contribution in [0.25, 0.3) is 0 Å². The van der Waals surface area contributed by atoms with E-state index in [2.05, 4.69) is 0 Å². The zero-order valence-electron chi connectivity index (χ0n) is 15.4. The Bertz CT molecular complexity index is 627. The second kappa shape index (κ2) is 9.70. The molecule has 0 spiro atoms. The minimum Gasteiger partial charge on any atom is -0.508 e. The van der Waals surface area contributed by atoms with Crippen molar-refractivity contribution in [2.24, 2.45) is 11.8 Å². The average molecular weight is 364 g/mol. The number of aromatic hydroxyl groups is 1. The van der Waals surface area contributed by atoms with Crippen molar-refractivity contribution in [3.05, 3.63) is 29.8 Å². The Morgan fingerprint density at radius 2 is 1.23 bits per heavy atom. The van der Waals surface area contributed by atoms with Gasteiger partial charge >= 0.3 is 11.9 Å². The Kier molecular flexibility index (Phi) is 7.96. The molecule has 0 saturated heterocycles. The lowest BCUT2D eigenvalue weighted by molar-refractivity contribution is -0.157. The van der Waals surface area contributed by atoms with Gasteiger partial charge in [-0.05, 0) is 45.4 Å². The zero-order valence-corrected chi connectivity index (χ0v) is 15.4. The van der Waals surface area contributed by atoms with Gasteiger partial charge < -0.3 is 14.6 Å². The van der Waals surface area contributed by atoms with Crippen LogP contribution in [-0.2, 0) is 28.7 Å². The van der Waals surface area contributed by atoms with Gasteiger partial charge in [-0.25, -0.2) is 0 Å². The van der Waals surface area contributed by atoms with Crippen molar-refractivity contribution in [3.63, 3.8) is 0 Å². The molecule has 0 saturated carbocycles. The molecule has 0 aliphatic carbocycles. The van der Waals surface area contributed by atoms with Crippen molar-refractivity contribution in [3.8, 4) is 5.75 Å². The largest absolute Gasteiger partial charge is 0.508 e. The molecule has 1 aromatic rings. The van der Waals surface area contributed by atoms with Gasteiger partial charge in [0.2, 0.25) is 0 Å². The Hall–Kier alpha value is -2.70. The topological polar surface area (TPSA) is 107 Å². The molecule has 7 heteroatoms. The van der Waals surface area contributed by atoms with Gasteiger partial charge in [0.1, 0.15) is 29.2 Å². The van der Waals surface area contributed by atoms with Gasteiger partial charge in [-0.3, -0.25) is 19.2 Å². The first-order valence-electron chi connectivity index (χ1n) is 8.37. The molecule has 0 bridgehead atoms. The highest BCUT2D eigenvalue weighted by Crippen LogP contribution is 2.36. The summed E-state index contributed by atoms with van der Waals surface area (Å²) in [5.41, 5.74) is 0.379. The van der Waals surface area contributed by atoms with Gasteiger partial charge in [-0.2, -0.15) is 0 Å². The highest BCUT2D eigenvalue weighted by molar-refractivity contribution is 6.04. The molecule has 7 nitrogen and oxygen atoms in total. The van der Waals surface area contributed by atoms with Gasteiger partial charge in [0.25, 0.3) is 0 Å². The summed E-state index contributed by atoms with van der Waals surface area (Å²) < 4.78 is 9.98. The number of hydrogen-bond acceptors (Lipinski definition) is 7. The lowest BCUT2D eigenvalue weighted by atomic mass is 9.73. The minimum atomic E-state index is -1.35. The van der Waals surface area contributed by atoms with E-state index in [0.717, 1.165) is 0 Å². The Labute approximate surface area is 152 Å². The number of phenolic OH excluding ortho intramolecular Hbond substituents is 1. The SMILES string of the molecule is CCOC(=O)[C@H](C(C)=O)C(c1ccc(O)cc1)[C@@H](C(C)=O)C(=O)OCC. The third-order valence-corrected chi connectivity index (χ3v) is 3.95. The Morgan fingerprint density at radius 3 is 1.54 bits per heavy atom. The fourth-order valence-corrected chi connectivity index (χ4v) is 2.87. The number of ether oxygens (including phenoxy) is 2. The summed E-state index contributed by atoms with van der Waals surface area (Å²) in [4.78, 5) is 49.3. The number of ketones is 2. The normalized spacial score (nSPS) is 13.0.